The van der Waals surface area contributed by atoms with Crippen molar-refractivity contribution >= 4 is 5.91 Å². The number of nitrogens with one attached hydrogen (secondary N) is 1. The lowest BCUT2D eigenvalue weighted by Gasteiger charge is -2.42. The molecule has 5 nitrogen and oxygen atoms in total. The second-order valence-electron chi connectivity index (χ2n) is 4.56. The SMILES string of the molecule is CC1CN(C(=O)c2cn[nH]c2)CC(C)N1C. The zero-order valence-corrected chi connectivity index (χ0v) is 9.97. The number of hydrogen-bond acceptors (Lipinski definition) is 3. The van der Waals surface area contributed by atoms with Crippen molar-refractivity contribution in [1.29, 1.82) is 0 Å². The fourth-order valence-corrected chi connectivity index (χ4v) is 2.12. The molecule has 0 saturated carbocycles. The first-order valence-electron chi connectivity index (χ1n) is 5.59. The Hall–Kier alpha value is -1.36. The summed E-state index contributed by atoms with van der Waals surface area (Å²) >= 11 is 0. The van der Waals surface area contributed by atoms with Gasteiger partial charge in [-0.3, -0.25) is 14.8 Å². The van der Waals surface area contributed by atoms with Crippen LogP contribution >= 0.6 is 0 Å². The molecule has 2 rings (SSSR count). The van der Waals surface area contributed by atoms with Gasteiger partial charge in [0.1, 0.15) is 0 Å². The summed E-state index contributed by atoms with van der Waals surface area (Å²) in [4.78, 5) is 16.3. The summed E-state index contributed by atoms with van der Waals surface area (Å²) in [6, 6.07) is 0.805. The minimum absolute atomic E-state index is 0.0700. The summed E-state index contributed by atoms with van der Waals surface area (Å²) in [5.41, 5.74) is 0.643. The number of carbonyl (C=O) groups is 1. The second kappa shape index (κ2) is 4.25. The quantitative estimate of drug-likeness (QED) is 0.756. The Morgan fingerprint density at radius 2 is 2.06 bits per heavy atom. The van der Waals surface area contributed by atoms with Crippen LogP contribution in [0.4, 0.5) is 0 Å². The van der Waals surface area contributed by atoms with Crippen LogP contribution in [0.25, 0.3) is 0 Å². The molecule has 1 saturated heterocycles. The summed E-state index contributed by atoms with van der Waals surface area (Å²) in [5.74, 6) is 0.0700. The van der Waals surface area contributed by atoms with Gasteiger partial charge in [-0.2, -0.15) is 5.10 Å². The van der Waals surface area contributed by atoms with Crippen LogP contribution in [-0.2, 0) is 0 Å². The number of aromatic nitrogens is 2. The summed E-state index contributed by atoms with van der Waals surface area (Å²) < 4.78 is 0. The number of nitrogens with zero attached hydrogens (tertiary/aromatic N) is 3. The molecule has 2 atom stereocenters. The lowest BCUT2D eigenvalue weighted by Crippen LogP contribution is -2.56. The minimum atomic E-state index is 0.0700. The second-order valence-corrected chi connectivity index (χ2v) is 4.56. The van der Waals surface area contributed by atoms with E-state index in [0.29, 0.717) is 17.6 Å². The number of rotatable bonds is 1. The highest BCUT2D eigenvalue weighted by Crippen LogP contribution is 2.15. The van der Waals surface area contributed by atoms with Gasteiger partial charge in [0.05, 0.1) is 11.8 Å². The van der Waals surface area contributed by atoms with Crippen LogP contribution < -0.4 is 0 Å². The largest absolute Gasteiger partial charge is 0.335 e. The molecule has 1 aliphatic heterocycles. The van der Waals surface area contributed by atoms with E-state index in [-0.39, 0.29) is 5.91 Å². The molecule has 1 fully saturated rings. The Morgan fingerprint density at radius 3 is 2.56 bits per heavy atom. The summed E-state index contributed by atoms with van der Waals surface area (Å²) in [6.07, 6.45) is 3.23. The molecule has 1 amide bonds. The third kappa shape index (κ3) is 1.95. The lowest BCUT2D eigenvalue weighted by molar-refractivity contribution is 0.0414. The third-order valence-electron chi connectivity index (χ3n) is 3.39. The van der Waals surface area contributed by atoms with Gasteiger partial charge >= 0.3 is 0 Å². The van der Waals surface area contributed by atoms with Crippen LogP contribution in [0.15, 0.2) is 12.4 Å². The molecule has 2 heterocycles. The van der Waals surface area contributed by atoms with Crippen molar-refractivity contribution in [2.75, 3.05) is 20.1 Å². The molecular formula is C11H18N4O. The van der Waals surface area contributed by atoms with Gasteiger partial charge in [0, 0.05) is 31.4 Å². The fraction of sp³-hybridized carbons (Fsp3) is 0.636. The van der Waals surface area contributed by atoms with Crippen LogP contribution in [0.1, 0.15) is 24.2 Å². The van der Waals surface area contributed by atoms with Gasteiger partial charge in [0.25, 0.3) is 5.91 Å². The minimum Gasteiger partial charge on any atom is -0.335 e. The van der Waals surface area contributed by atoms with E-state index in [0.717, 1.165) is 13.1 Å². The standard InChI is InChI=1S/C11H18N4O/c1-8-6-15(7-9(2)14(8)3)11(16)10-4-12-13-5-10/h4-5,8-9H,6-7H2,1-3H3,(H,12,13). The van der Waals surface area contributed by atoms with Gasteiger partial charge in [0.15, 0.2) is 0 Å². The summed E-state index contributed by atoms with van der Waals surface area (Å²) in [5, 5.41) is 6.48. The molecule has 16 heavy (non-hydrogen) atoms. The summed E-state index contributed by atoms with van der Waals surface area (Å²) in [6.45, 7) is 5.85. The Balaban J connectivity index is 2.09. The predicted molar refractivity (Wildman–Crippen MR) is 61.2 cm³/mol. The van der Waals surface area contributed by atoms with Crippen LogP contribution in [0, 0.1) is 0 Å². The maximum Gasteiger partial charge on any atom is 0.257 e. The average Bonchev–Trinajstić information content (AvgIpc) is 2.77. The van der Waals surface area contributed by atoms with Gasteiger partial charge in [-0.05, 0) is 20.9 Å². The topological polar surface area (TPSA) is 52.2 Å². The molecule has 1 aromatic rings. The first-order chi connectivity index (χ1) is 7.59. The van der Waals surface area contributed by atoms with Crippen molar-refractivity contribution in [1.82, 2.24) is 20.0 Å². The van der Waals surface area contributed by atoms with Gasteiger partial charge in [-0.15, -0.1) is 0 Å². The van der Waals surface area contributed by atoms with Crippen LogP contribution in [0.2, 0.25) is 0 Å². The zero-order chi connectivity index (χ0) is 11.7. The van der Waals surface area contributed by atoms with Crippen molar-refractivity contribution < 1.29 is 4.79 Å². The molecule has 88 valence electrons. The van der Waals surface area contributed by atoms with E-state index >= 15 is 0 Å². The first kappa shape index (κ1) is 11.1. The molecule has 0 bridgehead atoms. The van der Waals surface area contributed by atoms with Crippen molar-refractivity contribution in [3.8, 4) is 0 Å². The Labute approximate surface area is 95.4 Å². The number of aromatic amines is 1. The van der Waals surface area contributed by atoms with Crippen molar-refractivity contribution in [3.63, 3.8) is 0 Å². The molecule has 1 aliphatic rings. The smallest absolute Gasteiger partial charge is 0.257 e. The highest BCUT2D eigenvalue weighted by molar-refractivity contribution is 5.93. The first-order valence-corrected chi connectivity index (χ1v) is 5.59. The lowest BCUT2D eigenvalue weighted by atomic mass is 10.1. The van der Waals surface area contributed by atoms with E-state index in [1.165, 1.54) is 0 Å². The molecule has 2 unspecified atom stereocenters. The van der Waals surface area contributed by atoms with Crippen molar-refractivity contribution in [2.24, 2.45) is 0 Å². The molecule has 5 heteroatoms. The van der Waals surface area contributed by atoms with E-state index < -0.39 is 0 Å². The molecule has 1 aromatic heterocycles. The van der Waals surface area contributed by atoms with E-state index in [1.54, 1.807) is 12.4 Å². The van der Waals surface area contributed by atoms with Gasteiger partial charge < -0.3 is 4.90 Å². The Kier molecular flexibility index (Phi) is 2.96. The van der Waals surface area contributed by atoms with Gasteiger partial charge in [-0.25, -0.2) is 0 Å². The van der Waals surface area contributed by atoms with Crippen LogP contribution in [0.5, 0.6) is 0 Å². The molecule has 0 radical (unpaired) electrons. The van der Waals surface area contributed by atoms with E-state index in [1.807, 2.05) is 4.90 Å². The normalized spacial score (nSPS) is 27.1. The average molecular weight is 222 g/mol. The maximum atomic E-state index is 12.1. The number of amides is 1. The number of piperazine rings is 1. The molecule has 0 aliphatic carbocycles. The monoisotopic (exact) mass is 222 g/mol. The molecule has 0 spiro atoms. The molecule has 1 N–H and O–H groups in total. The third-order valence-corrected chi connectivity index (χ3v) is 3.39. The highest BCUT2D eigenvalue weighted by atomic mass is 16.2. The van der Waals surface area contributed by atoms with E-state index in [4.69, 9.17) is 0 Å². The maximum absolute atomic E-state index is 12.1. The zero-order valence-electron chi connectivity index (χ0n) is 9.97. The van der Waals surface area contributed by atoms with Crippen molar-refractivity contribution in [2.45, 2.75) is 25.9 Å². The highest BCUT2D eigenvalue weighted by Gasteiger charge is 2.29. The van der Waals surface area contributed by atoms with Gasteiger partial charge in [-0.1, -0.05) is 0 Å². The molecule has 0 aromatic carbocycles. The van der Waals surface area contributed by atoms with E-state index in [9.17, 15) is 4.79 Å². The number of likely N-dealkylation sites (N-methyl/N-ethyl adjacent to an activating group) is 1. The van der Waals surface area contributed by atoms with Gasteiger partial charge in [0.2, 0.25) is 0 Å². The fourth-order valence-electron chi connectivity index (χ4n) is 2.12. The number of H-pyrrole nitrogens is 1. The van der Waals surface area contributed by atoms with E-state index in [2.05, 4.69) is 36.0 Å². The molecular weight excluding hydrogens is 204 g/mol. The van der Waals surface area contributed by atoms with Crippen molar-refractivity contribution in [3.05, 3.63) is 18.0 Å². The number of hydrogen-bond donors (Lipinski definition) is 1. The summed E-state index contributed by atoms with van der Waals surface area (Å²) in [7, 11) is 2.11. The predicted octanol–water partition coefficient (Wildman–Crippen LogP) is 0.574. The van der Waals surface area contributed by atoms with Crippen LogP contribution in [0.3, 0.4) is 0 Å². The van der Waals surface area contributed by atoms with Crippen LogP contribution in [-0.4, -0.2) is 58.1 Å². The Morgan fingerprint density at radius 1 is 1.44 bits per heavy atom. The number of carbonyl (C=O) groups excluding carboxylic acids is 1. The Bertz CT molecular complexity index is 350.